The van der Waals surface area contributed by atoms with Crippen LogP contribution in [0.1, 0.15) is 5.56 Å². The van der Waals surface area contributed by atoms with Crippen LogP contribution in [0.4, 0.5) is 0 Å². The molecule has 1 aromatic carbocycles. The van der Waals surface area contributed by atoms with Crippen molar-refractivity contribution in [1.82, 2.24) is 4.90 Å². The molecule has 17 heavy (non-hydrogen) atoms. The summed E-state index contributed by atoms with van der Waals surface area (Å²) in [5.41, 5.74) is 1.21. The zero-order chi connectivity index (χ0) is 12.3. The predicted molar refractivity (Wildman–Crippen MR) is 80.4 cm³/mol. The van der Waals surface area contributed by atoms with E-state index in [-0.39, 0.29) is 0 Å². The Hall–Kier alpha value is -0.190. The van der Waals surface area contributed by atoms with Gasteiger partial charge in [0.2, 0.25) is 0 Å². The summed E-state index contributed by atoms with van der Waals surface area (Å²) in [6.45, 7) is 1.76. The van der Waals surface area contributed by atoms with Gasteiger partial charge >= 0.3 is 0 Å². The Morgan fingerprint density at radius 1 is 1.59 bits per heavy atom. The number of nitrogens with zero attached hydrogens (tertiary/aromatic N) is 2. The molecule has 1 atom stereocenters. The molecule has 0 fully saturated rings. The maximum atomic E-state index is 5.97. The van der Waals surface area contributed by atoms with E-state index >= 15 is 0 Å². The van der Waals surface area contributed by atoms with E-state index < -0.39 is 0 Å². The number of alkyl halides is 1. The third-order valence-electron chi connectivity index (χ3n) is 2.51. The van der Waals surface area contributed by atoms with Crippen LogP contribution >= 0.6 is 39.3 Å². The molecule has 1 heterocycles. The first-order valence-electron chi connectivity index (χ1n) is 5.41. The van der Waals surface area contributed by atoms with Crippen LogP contribution in [0, 0.1) is 0 Å². The highest BCUT2D eigenvalue weighted by molar-refractivity contribution is 9.09. The molecular formula is C12H14BrClN2S. The summed E-state index contributed by atoms with van der Waals surface area (Å²) >= 11 is 11.3. The molecule has 1 aromatic rings. The average molecular weight is 334 g/mol. The van der Waals surface area contributed by atoms with Crippen molar-refractivity contribution in [3.8, 4) is 0 Å². The molecule has 2 nitrogen and oxygen atoms in total. The molecule has 1 unspecified atom stereocenters. The van der Waals surface area contributed by atoms with Crippen molar-refractivity contribution < 1.29 is 0 Å². The molecule has 1 aliphatic rings. The summed E-state index contributed by atoms with van der Waals surface area (Å²) in [5.74, 6) is 0. The highest BCUT2D eigenvalue weighted by Gasteiger charge is 2.21. The van der Waals surface area contributed by atoms with Gasteiger partial charge in [-0.2, -0.15) is 0 Å². The Morgan fingerprint density at radius 2 is 2.41 bits per heavy atom. The Labute approximate surface area is 120 Å². The number of aliphatic imine (C=N–C) groups is 1. The lowest BCUT2D eigenvalue weighted by Gasteiger charge is -2.19. The van der Waals surface area contributed by atoms with Crippen molar-refractivity contribution in [2.75, 3.05) is 18.9 Å². The van der Waals surface area contributed by atoms with E-state index in [9.17, 15) is 0 Å². The lowest BCUT2D eigenvalue weighted by atomic mass is 10.2. The van der Waals surface area contributed by atoms with Crippen molar-refractivity contribution in [2.45, 2.75) is 11.8 Å². The number of thioether (sulfide) groups is 1. The van der Waals surface area contributed by atoms with Crippen LogP contribution in [0.3, 0.4) is 0 Å². The fourth-order valence-corrected chi connectivity index (χ4v) is 3.39. The fourth-order valence-electron chi connectivity index (χ4n) is 1.67. The zero-order valence-electron chi connectivity index (χ0n) is 9.57. The Balaban J connectivity index is 1.96. The molecule has 0 saturated carbocycles. The summed E-state index contributed by atoms with van der Waals surface area (Å²) in [6, 6.07) is 7.97. The van der Waals surface area contributed by atoms with E-state index in [0.717, 1.165) is 28.6 Å². The van der Waals surface area contributed by atoms with Crippen molar-refractivity contribution in [2.24, 2.45) is 4.99 Å². The highest BCUT2D eigenvalue weighted by Crippen LogP contribution is 2.25. The third-order valence-corrected chi connectivity index (χ3v) is 5.26. The molecular weight excluding hydrogens is 320 g/mol. The molecule has 0 radical (unpaired) electrons. The van der Waals surface area contributed by atoms with E-state index in [2.05, 4.69) is 38.9 Å². The maximum Gasteiger partial charge on any atom is 0.159 e. The minimum Gasteiger partial charge on any atom is -0.350 e. The lowest BCUT2D eigenvalue weighted by Crippen LogP contribution is -2.22. The van der Waals surface area contributed by atoms with Crippen LogP contribution in [0.5, 0.6) is 0 Å². The third kappa shape index (κ3) is 3.63. The second kappa shape index (κ2) is 6.12. The van der Waals surface area contributed by atoms with Gasteiger partial charge in [0.15, 0.2) is 5.17 Å². The molecule has 0 spiro atoms. The number of benzene rings is 1. The standard InChI is InChI=1S/C12H14BrClN2S/c1-16(12-15-7-11(6-13)17-12)8-9-3-2-4-10(14)5-9/h2-5,11H,6-8H2,1H3. The SMILES string of the molecule is CN(Cc1cccc(Cl)c1)C1=NCC(CBr)S1. The molecule has 0 saturated heterocycles. The van der Waals surface area contributed by atoms with Crippen LogP contribution in [-0.2, 0) is 6.54 Å². The van der Waals surface area contributed by atoms with Gasteiger partial charge in [0.1, 0.15) is 0 Å². The Morgan fingerprint density at radius 3 is 3.06 bits per heavy atom. The van der Waals surface area contributed by atoms with Gasteiger partial charge in [-0.15, -0.1) is 0 Å². The van der Waals surface area contributed by atoms with Gasteiger partial charge in [0.25, 0.3) is 0 Å². The second-order valence-corrected chi connectivity index (χ2v) is 6.35. The topological polar surface area (TPSA) is 15.6 Å². The highest BCUT2D eigenvalue weighted by atomic mass is 79.9. The van der Waals surface area contributed by atoms with E-state index in [1.54, 1.807) is 0 Å². The van der Waals surface area contributed by atoms with Gasteiger partial charge in [-0.3, -0.25) is 4.99 Å². The Kier molecular flexibility index (Phi) is 4.77. The van der Waals surface area contributed by atoms with Crippen LogP contribution < -0.4 is 0 Å². The first-order valence-corrected chi connectivity index (χ1v) is 7.79. The van der Waals surface area contributed by atoms with E-state index in [1.807, 2.05) is 30.0 Å². The largest absolute Gasteiger partial charge is 0.350 e. The molecule has 0 aromatic heterocycles. The number of rotatable bonds is 3. The predicted octanol–water partition coefficient (Wildman–Crippen LogP) is 3.64. The molecule has 0 aliphatic carbocycles. The summed E-state index contributed by atoms with van der Waals surface area (Å²) < 4.78 is 0. The summed E-state index contributed by atoms with van der Waals surface area (Å²) in [7, 11) is 2.07. The molecule has 0 N–H and O–H groups in total. The van der Waals surface area contributed by atoms with Crippen LogP contribution in [0.25, 0.3) is 0 Å². The molecule has 92 valence electrons. The first kappa shape index (κ1) is 13.2. The second-order valence-electron chi connectivity index (χ2n) is 4.00. The first-order chi connectivity index (χ1) is 8.19. The quantitative estimate of drug-likeness (QED) is 0.785. The van der Waals surface area contributed by atoms with Gasteiger partial charge in [0.05, 0.1) is 6.54 Å². The fraction of sp³-hybridized carbons (Fsp3) is 0.417. The number of halogens is 2. The van der Waals surface area contributed by atoms with Crippen molar-refractivity contribution >= 4 is 44.5 Å². The van der Waals surface area contributed by atoms with Gasteiger partial charge < -0.3 is 4.90 Å². The van der Waals surface area contributed by atoms with Gasteiger partial charge in [-0.1, -0.05) is 51.4 Å². The van der Waals surface area contributed by atoms with Gasteiger partial charge in [-0.25, -0.2) is 0 Å². The van der Waals surface area contributed by atoms with Crippen LogP contribution in [0.15, 0.2) is 29.3 Å². The summed E-state index contributed by atoms with van der Waals surface area (Å²) in [5, 5.41) is 3.48. The van der Waals surface area contributed by atoms with E-state index in [4.69, 9.17) is 11.6 Å². The van der Waals surface area contributed by atoms with Gasteiger partial charge in [-0.05, 0) is 17.7 Å². The average Bonchev–Trinajstić information content (AvgIpc) is 2.77. The monoisotopic (exact) mass is 332 g/mol. The Bertz CT molecular complexity index is 425. The van der Waals surface area contributed by atoms with E-state index in [0.29, 0.717) is 5.25 Å². The van der Waals surface area contributed by atoms with Crippen molar-refractivity contribution in [3.05, 3.63) is 34.9 Å². The van der Waals surface area contributed by atoms with Crippen molar-refractivity contribution in [1.29, 1.82) is 0 Å². The maximum absolute atomic E-state index is 5.97. The van der Waals surface area contributed by atoms with Crippen LogP contribution in [-0.4, -0.2) is 34.2 Å². The number of amidine groups is 1. The smallest absolute Gasteiger partial charge is 0.159 e. The molecule has 0 amide bonds. The summed E-state index contributed by atoms with van der Waals surface area (Å²) in [6.07, 6.45) is 0. The number of hydrogen-bond acceptors (Lipinski definition) is 3. The molecule has 2 rings (SSSR count). The van der Waals surface area contributed by atoms with Crippen LogP contribution in [0.2, 0.25) is 5.02 Å². The minimum atomic E-state index is 0.576. The summed E-state index contributed by atoms with van der Waals surface area (Å²) in [4.78, 5) is 6.73. The van der Waals surface area contributed by atoms with Gasteiger partial charge in [0, 0.05) is 29.2 Å². The lowest BCUT2D eigenvalue weighted by molar-refractivity contribution is 0.510. The van der Waals surface area contributed by atoms with E-state index in [1.165, 1.54) is 5.56 Å². The normalized spacial score (nSPS) is 19.2. The molecule has 5 heteroatoms. The minimum absolute atomic E-state index is 0.576. The zero-order valence-corrected chi connectivity index (χ0v) is 12.7. The molecule has 1 aliphatic heterocycles. The van der Waals surface area contributed by atoms with Crippen molar-refractivity contribution in [3.63, 3.8) is 0 Å². The number of hydrogen-bond donors (Lipinski definition) is 0. The molecule has 0 bridgehead atoms.